The van der Waals surface area contributed by atoms with Crippen molar-refractivity contribution in [1.82, 2.24) is 10.6 Å². The number of hydrogen-bond donors (Lipinski definition) is 4. The summed E-state index contributed by atoms with van der Waals surface area (Å²) >= 11 is 0. The summed E-state index contributed by atoms with van der Waals surface area (Å²) in [7, 11) is 0. The lowest BCUT2D eigenvalue weighted by atomic mass is 9.76. The first-order chi connectivity index (χ1) is 31.4. The second kappa shape index (κ2) is 19.5. The lowest BCUT2D eigenvalue weighted by Gasteiger charge is -2.39. The van der Waals surface area contributed by atoms with Crippen LogP contribution in [0.15, 0.2) is 182 Å². The summed E-state index contributed by atoms with van der Waals surface area (Å²) in [5.41, 5.74) is 6.37. The van der Waals surface area contributed by atoms with Gasteiger partial charge in [-0.3, -0.25) is 9.59 Å². The highest BCUT2D eigenvalue weighted by Gasteiger charge is 2.43. The van der Waals surface area contributed by atoms with Gasteiger partial charge in [0.15, 0.2) is 0 Å². The van der Waals surface area contributed by atoms with E-state index in [0.29, 0.717) is 0 Å². The number of aliphatic hydroxyl groups is 2. The number of hydrogen-bond acceptors (Lipinski definition) is 4. The van der Waals surface area contributed by atoms with Crippen LogP contribution in [-0.4, -0.2) is 33.2 Å². The quantitative estimate of drug-likeness (QED) is 0.0728. The fourth-order valence-electron chi connectivity index (χ4n) is 9.66. The fraction of sp³-hybridized carbons (Fsp3) is 0.220. The highest BCUT2D eigenvalue weighted by atomic mass is 16.3. The summed E-state index contributed by atoms with van der Waals surface area (Å²) in [6.45, 7) is 8.13. The number of aryl methyl sites for hydroxylation is 4. The number of carbonyl (C=O) groups is 2. The predicted molar refractivity (Wildman–Crippen MR) is 264 cm³/mol. The summed E-state index contributed by atoms with van der Waals surface area (Å²) in [6.07, 6.45) is 0.410. The third-order valence-electron chi connectivity index (χ3n) is 13.3. The summed E-state index contributed by atoms with van der Waals surface area (Å²) in [6, 6.07) is 58.0. The molecule has 0 spiro atoms. The molecule has 65 heavy (non-hydrogen) atoms. The zero-order valence-electron chi connectivity index (χ0n) is 37.7. The first-order valence-electron chi connectivity index (χ1n) is 22.6. The molecule has 8 aromatic carbocycles. The molecule has 8 rings (SSSR count). The van der Waals surface area contributed by atoms with Crippen molar-refractivity contribution in [3.8, 4) is 0 Å². The molecule has 0 aliphatic carbocycles. The molecule has 0 heterocycles. The predicted octanol–water partition coefficient (Wildman–Crippen LogP) is 11.1. The maximum Gasteiger partial charge on any atom is 0.230 e. The Labute approximate surface area is 383 Å². The minimum Gasteiger partial charge on any atom is -0.387 e. The molecule has 0 aliphatic heterocycles. The number of amides is 2. The average molecular weight is 859 g/mol. The third-order valence-corrected chi connectivity index (χ3v) is 13.3. The molecule has 0 fully saturated rings. The van der Waals surface area contributed by atoms with Crippen molar-refractivity contribution in [3.05, 3.63) is 238 Å². The van der Waals surface area contributed by atoms with Crippen molar-refractivity contribution in [2.24, 2.45) is 0 Å². The molecular formula is C59H58N2O4. The topological polar surface area (TPSA) is 98.7 Å². The van der Waals surface area contributed by atoms with E-state index in [0.717, 1.165) is 77.2 Å². The van der Waals surface area contributed by atoms with E-state index in [1.807, 2.05) is 210 Å². The van der Waals surface area contributed by atoms with Gasteiger partial charge in [-0.1, -0.05) is 182 Å². The zero-order chi connectivity index (χ0) is 45.6. The van der Waals surface area contributed by atoms with E-state index < -0.39 is 41.5 Å². The first kappa shape index (κ1) is 44.7. The Morgan fingerprint density at radius 3 is 1.00 bits per heavy atom. The first-order valence-corrected chi connectivity index (χ1v) is 22.6. The molecule has 2 atom stereocenters. The van der Waals surface area contributed by atoms with Crippen molar-refractivity contribution >= 4 is 33.4 Å². The summed E-state index contributed by atoms with van der Waals surface area (Å²) in [4.78, 5) is 29.5. The summed E-state index contributed by atoms with van der Waals surface area (Å²) in [5, 5.41) is 37.0. The molecule has 0 bridgehead atoms. The van der Waals surface area contributed by atoms with Crippen LogP contribution >= 0.6 is 0 Å². The van der Waals surface area contributed by atoms with E-state index in [1.54, 1.807) is 0 Å². The Balaban J connectivity index is 1.20. The van der Waals surface area contributed by atoms with Gasteiger partial charge in [0.05, 0.1) is 23.3 Å². The number of benzene rings is 8. The Kier molecular flexibility index (Phi) is 13.4. The molecule has 4 N–H and O–H groups in total. The fourth-order valence-corrected chi connectivity index (χ4v) is 9.66. The molecule has 8 aromatic rings. The Morgan fingerprint density at radius 2 is 0.677 bits per heavy atom. The molecule has 6 heteroatoms. The molecule has 328 valence electrons. The second-order valence-electron chi connectivity index (χ2n) is 17.9. The van der Waals surface area contributed by atoms with Gasteiger partial charge in [0.1, 0.15) is 6.42 Å². The van der Waals surface area contributed by atoms with Crippen LogP contribution in [0.3, 0.4) is 0 Å². The van der Waals surface area contributed by atoms with Gasteiger partial charge in [-0.2, -0.15) is 0 Å². The minimum absolute atomic E-state index is 0.238. The van der Waals surface area contributed by atoms with Crippen LogP contribution in [0, 0.1) is 27.7 Å². The Bertz CT molecular complexity index is 2670. The number of fused-ring (bicyclic) bond motifs is 2. The molecule has 0 radical (unpaired) electrons. The monoisotopic (exact) mass is 858 g/mol. The second-order valence-corrected chi connectivity index (χ2v) is 17.9. The van der Waals surface area contributed by atoms with Crippen LogP contribution in [-0.2, 0) is 35.3 Å². The maximum absolute atomic E-state index is 14.8. The van der Waals surface area contributed by atoms with Crippen LogP contribution in [0.25, 0.3) is 21.5 Å². The maximum atomic E-state index is 14.8. The van der Waals surface area contributed by atoms with Crippen molar-refractivity contribution in [3.63, 3.8) is 0 Å². The number of rotatable bonds is 16. The largest absolute Gasteiger partial charge is 0.387 e. The Morgan fingerprint density at radius 1 is 0.400 bits per heavy atom. The molecule has 6 nitrogen and oxygen atoms in total. The van der Waals surface area contributed by atoms with Crippen LogP contribution < -0.4 is 10.6 Å². The molecule has 0 unspecified atom stereocenters. The van der Waals surface area contributed by atoms with Crippen molar-refractivity contribution in [2.75, 3.05) is 0 Å². The zero-order valence-corrected chi connectivity index (χ0v) is 37.7. The SMILES string of the molecule is Cc1ccccc1CC(O)(Cc1ccccc1C)[C@@H](NC(=O)CC(=O)N[C@@H](c1cccc2ccccc12)C(O)(Cc1ccccc1C)Cc1ccccc1C)c1cccc2ccccc12. The molecule has 0 saturated carbocycles. The van der Waals surface area contributed by atoms with Crippen molar-refractivity contribution in [2.45, 2.75) is 83.1 Å². The average Bonchev–Trinajstić information content (AvgIpc) is 3.30. The lowest BCUT2D eigenvalue weighted by Crippen LogP contribution is -2.52. The number of carbonyl (C=O) groups excluding carboxylic acids is 2. The van der Waals surface area contributed by atoms with Crippen LogP contribution in [0.1, 0.15) is 74.1 Å². The summed E-state index contributed by atoms with van der Waals surface area (Å²) in [5.74, 6) is -1.10. The van der Waals surface area contributed by atoms with Crippen molar-refractivity contribution < 1.29 is 19.8 Å². The van der Waals surface area contributed by atoms with Crippen LogP contribution in [0.2, 0.25) is 0 Å². The summed E-state index contributed by atoms with van der Waals surface area (Å²) < 4.78 is 0. The van der Waals surface area contributed by atoms with Crippen LogP contribution in [0.5, 0.6) is 0 Å². The highest BCUT2D eigenvalue weighted by Crippen LogP contribution is 2.40. The number of nitrogens with one attached hydrogen (secondary N) is 2. The third kappa shape index (κ3) is 10.1. The van der Waals surface area contributed by atoms with Gasteiger partial charge in [0, 0.05) is 25.7 Å². The smallest absolute Gasteiger partial charge is 0.230 e. The van der Waals surface area contributed by atoms with Gasteiger partial charge in [-0.05, 0) is 105 Å². The van der Waals surface area contributed by atoms with Gasteiger partial charge < -0.3 is 20.8 Å². The van der Waals surface area contributed by atoms with Gasteiger partial charge in [-0.25, -0.2) is 0 Å². The van der Waals surface area contributed by atoms with Crippen LogP contribution in [0.4, 0.5) is 0 Å². The highest BCUT2D eigenvalue weighted by molar-refractivity contribution is 5.98. The molecule has 0 aliphatic rings. The van der Waals surface area contributed by atoms with E-state index in [-0.39, 0.29) is 25.7 Å². The molecule has 0 aromatic heterocycles. The van der Waals surface area contributed by atoms with Gasteiger partial charge >= 0.3 is 0 Å². The van der Waals surface area contributed by atoms with Gasteiger partial charge in [0.2, 0.25) is 11.8 Å². The minimum atomic E-state index is -1.54. The normalized spacial score (nSPS) is 12.8. The van der Waals surface area contributed by atoms with Gasteiger partial charge in [-0.15, -0.1) is 0 Å². The standard InChI is InChI=1S/C59H58N2O4/c1-40-19-5-9-25-46(40)36-58(64,37-47-26-10-6-20-41(47)2)56(52-33-17-29-44-23-13-15-31-50(44)52)60-54(62)35-55(63)61-57(53-34-18-30-45-24-14-16-32-51(45)53)59(65,38-48-27-11-7-21-42(48)3)39-49-28-12-8-22-43(49)4/h5-34,56-57,64-65H,35-39H2,1-4H3,(H,60,62)(H,61,63)/t56-,57-/m0/s1. The Hall–Kier alpha value is -6.86. The molecule has 0 saturated heterocycles. The van der Waals surface area contributed by atoms with Gasteiger partial charge in [0.25, 0.3) is 0 Å². The molecule has 2 amide bonds. The van der Waals surface area contributed by atoms with E-state index >= 15 is 0 Å². The van der Waals surface area contributed by atoms with E-state index in [2.05, 4.69) is 10.6 Å². The lowest BCUT2D eigenvalue weighted by molar-refractivity contribution is -0.133. The van der Waals surface area contributed by atoms with E-state index in [4.69, 9.17) is 0 Å². The molecular weight excluding hydrogens is 801 g/mol. The van der Waals surface area contributed by atoms with Crippen molar-refractivity contribution in [1.29, 1.82) is 0 Å². The van der Waals surface area contributed by atoms with E-state index in [1.165, 1.54) is 0 Å². The van der Waals surface area contributed by atoms with E-state index in [9.17, 15) is 19.8 Å².